The molecule has 62 valence electrons. The van der Waals surface area contributed by atoms with Gasteiger partial charge in [-0.1, -0.05) is 13.8 Å². The Bertz CT molecular complexity index is 174. The molecule has 0 amide bonds. The van der Waals surface area contributed by atoms with Crippen molar-refractivity contribution < 1.29 is 0 Å². The molecule has 2 heteroatoms. The van der Waals surface area contributed by atoms with Gasteiger partial charge in [-0.05, 0) is 25.8 Å². The first-order valence-electron chi connectivity index (χ1n) is 4.25. The van der Waals surface area contributed by atoms with Gasteiger partial charge in [0.1, 0.15) is 0 Å². The van der Waals surface area contributed by atoms with Crippen molar-refractivity contribution >= 4 is 0 Å². The lowest BCUT2D eigenvalue weighted by atomic mass is 9.89. The van der Waals surface area contributed by atoms with Crippen LogP contribution in [-0.2, 0) is 0 Å². The van der Waals surface area contributed by atoms with E-state index in [2.05, 4.69) is 25.2 Å². The highest BCUT2D eigenvalue weighted by Gasteiger charge is 2.50. The largest absolute Gasteiger partial charge is 0.315 e. The van der Waals surface area contributed by atoms with Crippen molar-refractivity contribution in [1.82, 2.24) is 5.32 Å². The van der Waals surface area contributed by atoms with E-state index in [1.807, 2.05) is 7.05 Å². The summed E-state index contributed by atoms with van der Waals surface area (Å²) in [4.78, 5) is 0. The Balaban J connectivity index is 2.63. The second kappa shape index (κ2) is 2.83. The van der Waals surface area contributed by atoms with Crippen LogP contribution in [0.3, 0.4) is 0 Å². The maximum Gasteiger partial charge on any atom is 0.0730 e. The number of hydrogen-bond donors (Lipinski definition) is 1. The molecule has 1 aliphatic rings. The predicted molar refractivity (Wildman–Crippen MR) is 45.0 cm³/mol. The fraction of sp³-hybridized carbons (Fsp3) is 0.889. The molecule has 0 aromatic rings. The molecular formula is C9H16N2. The van der Waals surface area contributed by atoms with Crippen molar-refractivity contribution in [3.63, 3.8) is 0 Å². The summed E-state index contributed by atoms with van der Waals surface area (Å²) in [5, 5.41) is 12.1. The van der Waals surface area contributed by atoms with E-state index in [1.54, 1.807) is 0 Å². The molecule has 1 N–H and O–H groups in total. The molecule has 1 fully saturated rings. The highest BCUT2D eigenvalue weighted by Crippen LogP contribution is 2.49. The molecule has 2 nitrogen and oxygen atoms in total. The van der Waals surface area contributed by atoms with Gasteiger partial charge in [-0.3, -0.25) is 0 Å². The molecule has 1 atom stereocenters. The molecule has 0 spiro atoms. The number of rotatable bonds is 3. The molecule has 0 saturated heterocycles. The van der Waals surface area contributed by atoms with Gasteiger partial charge in [-0.25, -0.2) is 0 Å². The summed E-state index contributed by atoms with van der Waals surface area (Å²) in [6.07, 6.45) is 2.15. The Morgan fingerprint density at radius 1 is 1.45 bits per heavy atom. The van der Waals surface area contributed by atoms with Crippen LogP contribution >= 0.6 is 0 Å². The van der Waals surface area contributed by atoms with Gasteiger partial charge in [0.15, 0.2) is 0 Å². The molecule has 0 aliphatic heterocycles. The van der Waals surface area contributed by atoms with E-state index < -0.39 is 0 Å². The number of nitrogens with one attached hydrogen (secondary N) is 1. The number of nitrogens with zero attached hydrogens (tertiary/aromatic N) is 1. The Morgan fingerprint density at radius 3 is 2.09 bits per heavy atom. The summed E-state index contributed by atoms with van der Waals surface area (Å²) in [5.41, 5.74) is -0.0249. The van der Waals surface area contributed by atoms with E-state index in [9.17, 15) is 0 Å². The van der Waals surface area contributed by atoms with Crippen LogP contribution in [-0.4, -0.2) is 13.1 Å². The van der Waals surface area contributed by atoms with Crippen LogP contribution in [0, 0.1) is 22.7 Å². The maximum atomic E-state index is 8.92. The molecular weight excluding hydrogens is 136 g/mol. The molecule has 0 heterocycles. The van der Waals surface area contributed by atoms with Gasteiger partial charge in [-0.2, -0.15) is 5.26 Å². The first-order valence-corrected chi connectivity index (χ1v) is 4.25. The fourth-order valence-corrected chi connectivity index (χ4v) is 1.87. The average molecular weight is 152 g/mol. The van der Waals surface area contributed by atoms with Gasteiger partial charge >= 0.3 is 0 Å². The normalized spacial score (nSPS) is 22.8. The SMILES string of the molecule is CNC(C(C)C)C1(C#N)CC1. The zero-order chi connectivity index (χ0) is 8.48. The van der Waals surface area contributed by atoms with Crippen molar-refractivity contribution in [3.05, 3.63) is 0 Å². The van der Waals surface area contributed by atoms with Crippen LogP contribution in [0.1, 0.15) is 26.7 Å². The van der Waals surface area contributed by atoms with E-state index >= 15 is 0 Å². The molecule has 1 aliphatic carbocycles. The second-order valence-corrected chi connectivity index (χ2v) is 3.78. The monoisotopic (exact) mass is 152 g/mol. The van der Waals surface area contributed by atoms with Crippen LogP contribution < -0.4 is 5.32 Å². The summed E-state index contributed by atoms with van der Waals surface area (Å²) < 4.78 is 0. The fourth-order valence-electron chi connectivity index (χ4n) is 1.87. The van der Waals surface area contributed by atoms with Crippen LogP contribution in [0.2, 0.25) is 0 Å². The van der Waals surface area contributed by atoms with E-state index in [0.717, 1.165) is 12.8 Å². The Kier molecular flexibility index (Phi) is 2.20. The summed E-state index contributed by atoms with van der Waals surface area (Å²) in [5.74, 6) is 0.558. The molecule has 0 aromatic heterocycles. The standard InChI is InChI=1S/C9H16N2/c1-7(2)8(11-3)9(6-10)4-5-9/h7-8,11H,4-5H2,1-3H3. The van der Waals surface area contributed by atoms with Gasteiger partial charge in [0, 0.05) is 6.04 Å². The van der Waals surface area contributed by atoms with Crippen molar-refractivity contribution in [2.45, 2.75) is 32.7 Å². The molecule has 1 rings (SSSR count). The van der Waals surface area contributed by atoms with E-state index in [0.29, 0.717) is 12.0 Å². The average Bonchev–Trinajstić information content (AvgIpc) is 2.70. The Hall–Kier alpha value is -0.550. The zero-order valence-electron chi connectivity index (χ0n) is 7.52. The van der Waals surface area contributed by atoms with Crippen molar-refractivity contribution in [1.29, 1.82) is 5.26 Å². The third-order valence-corrected chi connectivity index (χ3v) is 2.58. The summed E-state index contributed by atoms with van der Waals surface area (Å²) in [6.45, 7) is 4.33. The van der Waals surface area contributed by atoms with Gasteiger partial charge in [0.25, 0.3) is 0 Å². The molecule has 11 heavy (non-hydrogen) atoms. The number of nitriles is 1. The van der Waals surface area contributed by atoms with Crippen LogP contribution in [0.15, 0.2) is 0 Å². The summed E-state index contributed by atoms with van der Waals surface area (Å²) in [7, 11) is 1.95. The van der Waals surface area contributed by atoms with Gasteiger partial charge < -0.3 is 5.32 Å². The third-order valence-electron chi connectivity index (χ3n) is 2.58. The van der Waals surface area contributed by atoms with Gasteiger partial charge in [0.2, 0.25) is 0 Å². The van der Waals surface area contributed by atoms with Crippen LogP contribution in [0.25, 0.3) is 0 Å². The third kappa shape index (κ3) is 1.39. The smallest absolute Gasteiger partial charge is 0.0730 e. The van der Waals surface area contributed by atoms with E-state index in [-0.39, 0.29) is 5.41 Å². The lowest BCUT2D eigenvalue weighted by Gasteiger charge is -2.24. The minimum Gasteiger partial charge on any atom is -0.315 e. The first-order chi connectivity index (χ1) is 5.16. The number of hydrogen-bond acceptors (Lipinski definition) is 2. The van der Waals surface area contributed by atoms with Gasteiger partial charge in [-0.15, -0.1) is 0 Å². The quantitative estimate of drug-likeness (QED) is 0.665. The van der Waals surface area contributed by atoms with E-state index in [1.165, 1.54) is 0 Å². The Morgan fingerprint density at radius 2 is 2.00 bits per heavy atom. The minimum absolute atomic E-state index is 0.0249. The first kappa shape index (κ1) is 8.55. The minimum atomic E-state index is -0.0249. The molecule has 0 bridgehead atoms. The van der Waals surface area contributed by atoms with Crippen molar-refractivity contribution in [3.8, 4) is 6.07 Å². The summed E-state index contributed by atoms with van der Waals surface area (Å²) >= 11 is 0. The zero-order valence-corrected chi connectivity index (χ0v) is 7.52. The summed E-state index contributed by atoms with van der Waals surface area (Å²) in [6, 6.07) is 2.80. The van der Waals surface area contributed by atoms with Crippen LogP contribution in [0.4, 0.5) is 0 Å². The van der Waals surface area contributed by atoms with Crippen molar-refractivity contribution in [2.24, 2.45) is 11.3 Å². The lowest BCUT2D eigenvalue weighted by molar-refractivity contribution is 0.332. The predicted octanol–water partition coefficient (Wildman–Crippen LogP) is 1.53. The second-order valence-electron chi connectivity index (χ2n) is 3.78. The topological polar surface area (TPSA) is 35.8 Å². The Labute approximate surface area is 68.6 Å². The maximum absolute atomic E-state index is 8.92. The molecule has 0 aromatic carbocycles. The highest BCUT2D eigenvalue weighted by molar-refractivity contribution is 5.16. The van der Waals surface area contributed by atoms with Crippen LogP contribution in [0.5, 0.6) is 0 Å². The van der Waals surface area contributed by atoms with E-state index in [4.69, 9.17) is 5.26 Å². The highest BCUT2D eigenvalue weighted by atomic mass is 14.9. The van der Waals surface area contributed by atoms with Gasteiger partial charge in [0.05, 0.1) is 11.5 Å². The van der Waals surface area contributed by atoms with Crippen molar-refractivity contribution in [2.75, 3.05) is 7.05 Å². The molecule has 0 radical (unpaired) electrons. The molecule has 1 saturated carbocycles. The lowest BCUT2D eigenvalue weighted by Crippen LogP contribution is -2.38. The molecule has 1 unspecified atom stereocenters.